The van der Waals surface area contributed by atoms with Crippen molar-refractivity contribution in [3.8, 4) is 0 Å². The van der Waals surface area contributed by atoms with Gasteiger partial charge in [-0.05, 0) is 55.2 Å². The maximum Gasteiger partial charge on any atom is 0.191 e. The highest BCUT2D eigenvalue weighted by Crippen LogP contribution is 2.12. The molecule has 1 aliphatic heterocycles. The first-order chi connectivity index (χ1) is 9.28. The molecule has 0 aromatic carbocycles. The molecular formula is C14H24N4S. The van der Waals surface area contributed by atoms with Crippen LogP contribution in [0.15, 0.2) is 21.8 Å². The van der Waals surface area contributed by atoms with Crippen molar-refractivity contribution >= 4 is 17.3 Å². The fourth-order valence-electron chi connectivity index (χ4n) is 2.33. The van der Waals surface area contributed by atoms with E-state index in [1.165, 1.54) is 25.1 Å². The summed E-state index contributed by atoms with van der Waals surface area (Å²) >= 11 is 1.72. The Morgan fingerprint density at radius 2 is 2.42 bits per heavy atom. The van der Waals surface area contributed by atoms with Gasteiger partial charge < -0.3 is 15.5 Å². The molecule has 0 bridgehead atoms. The average molecular weight is 280 g/mol. The molecule has 1 aliphatic rings. The van der Waals surface area contributed by atoms with E-state index in [9.17, 15) is 0 Å². The van der Waals surface area contributed by atoms with Crippen molar-refractivity contribution in [2.45, 2.75) is 19.9 Å². The van der Waals surface area contributed by atoms with E-state index in [-0.39, 0.29) is 0 Å². The Morgan fingerprint density at radius 3 is 3.05 bits per heavy atom. The lowest BCUT2D eigenvalue weighted by Gasteiger charge is -2.15. The van der Waals surface area contributed by atoms with Crippen molar-refractivity contribution in [3.63, 3.8) is 0 Å². The highest BCUT2D eigenvalue weighted by atomic mass is 32.1. The van der Waals surface area contributed by atoms with E-state index in [1.54, 1.807) is 11.3 Å². The molecule has 1 fully saturated rings. The van der Waals surface area contributed by atoms with Crippen molar-refractivity contribution < 1.29 is 0 Å². The number of nitrogens with one attached hydrogen (secondary N) is 2. The van der Waals surface area contributed by atoms with Crippen LogP contribution in [0.4, 0.5) is 0 Å². The molecule has 19 heavy (non-hydrogen) atoms. The first kappa shape index (κ1) is 14.3. The van der Waals surface area contributed by atoms with Gasteiger partial charge in [0.15, 0.2) is 5.96 Å². The summed E-state index contributed by atoms with van der Waals surface area (Å²) in [6.45, 7) is 7.18. The predicted molar refractivity (Wildman–Crippen MR) is 82.7 cm³/mol. The Bertz CT molecular complexity index is 388. The molecule has 1 atom stereocenters. The van der Waals surface area contributed by atoms with E-state index in [1.807, 2.05) is 0 Å². The summed E-state index contributed by atoms with van der Waals surface area (Å²) < 4.78 is 0. The van der Waals surface area contributed by atoms with Crippen LogP contribution in [0.2, 0.25) is 0 Å². The smallest absolute Gasteiger partial charge is 0.191 e. The summed E-state index contributed by atoms with van der Waals surface area (Å²) in [6.07, 6.45) is 1.29. The van der Waals surface area contributed by atoms with Crippen LogP contribution in [-0.4, -0.2) is 44.1 Å². The summed E-state index contributed by atoms with van der Waals surface area (Å²) in [4.78, 5) is 7.01. The van der Waals surface area contributed by atoms with Crippen LogP contribution >= 0.6 is 11.3 Å². The molecule has 2 N–H and O–H groups in total. The van der Waals surface area contributed by atoms with Crippen molar-refractivity contribution in [1.82, 2.24) is 15.5 Å². The van der Waals surface area contributed by atoms with Gasteiger partial charge in [-0.2, -0.15) is 11.3 Å². The van der Waals surface area contributed by atoms with Gasteiger partial charge in [-0.15, -0.1) is 0 Å². The SMILES string of the molecule is CCNC(=NCc1ccsc1)NCC1CCN(C)C1. The maximum absolute atomic E-state index is 4.62. The minimum Gasteiger partial charge on any atom is -0.357 e. The van der Waals surface area contributed by atoms with E-state index < -0.39 is 0 Å². The second-order valence-electron chi connectivity index (χ2n) is 5.12. The lowest BCUT2D eigenvalue weighted by molar-refractivity contribution is 0.394. The number of aliphatic imine (C=N–C) groups is 1. The average Bonchev–Trinajstić information content (AvgIpc) is 3.04. The minimum absolute atomic E-state index is 0.745. The second-order valence-corrected chi connectivity index (χ2v) is 5.90. The first-order valence-electron chi connectivity index (χ1n) is 6.99. The molecule has 0 amide bonds. The quantitative estimate of drug-likeness (QED) is 0.638. The third kappa shape index (κ3) is 4.84. The molecule has 0 aliphatic carbocycles. The zero-order valence-electron chi connectivity index (χ0n) is 11.9. The van der Waals surface area contributed by atoms with Crippen molar-refractivity contribution in [3.05, 3.63) is 22.4 Å². The van der Waals surface area contributed by atoms with Crippen LogP contribution in [0.3, 0.4) is 0 Å². The number of nitrogens with zero attached hydrogens (tertiary/aromatic N) is 2. The summed E-state index contributed by atoms with van der Waals surface area (Å²) in [5.41, 5.74) is 1.28. The van der Waals surface area contributed by atoms with Gasteiger partial charge in [0.1, 0.15) is 0 Å². The standard InChI is InChI=1S/C14H24N4S/c1-3-15-14(17-9-13-5-7-19-11-13)16-8-12-4-6-18(2)10-12/h5,7,11-12H,3-4,6,8-10H2,1-2H3,(H2,15,16,17). The van der Waals surface area contributed by atoms with Crippen LogP contribution in [0.1, 0.15) is 18.9 Å². The maximum atomic E-state index is 4.62. The molecule has 0 radical (unpaired) electrons. The summed E-state index contributed by atoms with van der Waals surface area (Å²) in [6, 6.07) is 2.13. The first-order valence-corrected chi connectivity index (χ1v) is 7.94. The number of hydrogen-bond acceptors (Lipinski definition) is 3. The highest BCUT2D eigenvalue weighted by molar-refractivity contribution is 7.07. The zero-order chi connectivity index (χ0) is 13.5. The molecule has 1 saturated heterocycles. The van der Waals surface area contributed by atoms with Gasteiger partial charge in [-0.25, -0.2) is 4.99 Å². The van der Waals surface area contributed by atoms with E-state index in [2.05, 4.69) is 51.3 Å². The number of guanidine groups is 1. The molecule has 1 aromatic rings. The number of thiophene rings is 1. The monoisotopic (exact) mass is 280 g/mol. The van der Waals surface area contributed by atoms with Crippen LogP contribution in [0.25, 0.3) is 0 Å². The van der Waals surface area contributed by atoms with Gasteiger partial charge in [-0.3, -0.25) is 0 Å². The molecular weight excluding hydrogens is 256 g/mol. The summed E-state index contributed by atoms with van der Waals surface area (Å²) in [5.74, 6) is 1.68. The number of rotatable bonds is 5. The third-order valence-corrected chi connectivity index (χ3v) is 4.12. The molecule has 1 aromatic heterocycles. The largest absolute Gasteiger partial charge is 0.357 e. The molecule has 5 heteroatoms. The molecule has 4 nitrogen and oxygen atoms in total. The van der Waals surface area contributed by atoms with E-state index in [4.69, 9.17) is 0 Å². The van der Waals surface area contributed by atoms with Crippen LogP contribution in [-0.2, 0) is 6.54 Å². The summed E-state index contributed by atoms with van der Waals surface area (Å²) in [5, 5.41) is 11.0. The van der Waals surface area contributed by atoms with Crippen molar-refractivity contribution in [2.75, 3.05) is 33.2 Å². The Hall–Kier alpha value is -1.07. The molecule has 0 spiro atoms. The van der Waals surface area contributed by atoms with Gasteiger partial charge in [0.25, 0.3) is 0 Å². The lowest BCUT2D eigenvalue weighted by atomic mass is 10.1. The van der Waals surface area contributed by atoms with Gasteiger partial charge in [0, 0.05) is 19.6 Å². The Morgan fingerprint density at radius 1 is 1.53 bits per heavy atom. The van der Waals surface area contributed by atoms with Crippen LogP contribution in [0, 0.1) is 5.92 Å². The Kier molecular flexibility index (Phi) is 5.66. The Balaban J connectivity index is 1.80. The lowest BCUT2D eigenvalue weighted by Crippen LogP contribution is -2.40. The molecule has 2 heterocycles. The van der Waals surface area contributed by atoms with Crippen molar-refractivity contribution in [1.29, 1.82) is 0 Å². The predicted octanol–water partition coefficient (Wildman–Crippen LogP) is 1.75. The van der Waals surface area contributed by atoms with Crippen LogP contribution < -0.4 is 10.6 Å². The fraction of sp³-hybridized carbons (Fsp3) is 0.643. The van der Waals surface area contributed by atoms with Gasteiger partial charge >= 0.3 is 0 Å². The normalized spacial score (nSPS) is 20.7. The highest BCUT2D eigenvalue weighted by Gasteiger charge is 2.19. The number of hydrogen-bond donors (Lipinski definition) is 2. The molecule has 0 saturated carbocycles. The second kappa shape index (κ2) is 7.50. The zero-order valence-corrected chi connectivity index (χ0v) is 12.7. The number of likely N-dealkylation sites (tertiary alicyclic amines) is 1. The third-order valence-electron chi connectivity index (χ3n) is 3.39. The minimum atomic E-state index is 0.745. The summed E-state index contributed by atoms with van der Waals surface area (Å²) in [7, 11) is 2.19. The van der Waals surface area contributed by atoms with Gasteiger partial charge in [0.05, 0.1) is 6.54 Å². The van der Waals surface area contributed by atoms with Crippen molar-refractivity contribution in [2.24, 2.45) is 10.9 Å². The van der Waals surface area contributed by atoms with Gasteiger partial charge in [-0.1, -0.05) is 0 Å². The van der Waals surface area contributed by atoms with E-state index in [0.29, 0.717) is 0 Å². The Labute approximate surface area is 119 Å². The fourth-order valence-corrected chi connectivity index (χ4v) is 2.99. The van der Waals surface area contributed by atoms with Crippen LogP contribution in [0.5, 0.6) is 0 Å². The van der Waals surface area contributed by atoms with E-state index >= 15 is 0 Å². The molecule has 106 valence electrons. The molecule has 1 unspecified atom stereocenters. The molecule has 2 rings (SSSR count). The van der Waals surface area contributed by atoms with E-state index in [0.717, 1.165) is 31.5 Å². The topological polar surface area (TPSA) is 39.7 Å². The van der Waals surface area contributed by atoms with Gasteiger partial charge in [0.2, 0.25) is 0 Å².